The summed E-state index contributed by atoms with van der Waals surface area (Å²) in [5.74, 6) is 0.429. The highest BCUT2D eigenvalue weighted by Crippen LogP contribution is 2.30. The number of amides is 3. The Kier molecular flexibility index (Phi) is 14.0. The number of aldehydes is 1. The van der Waals surface area contributed by atoms with Gasteiger partial charge in [-0.1, -0.05) is 18.2 Å². The Balaban J connectivity index is 0.000000366. The zero-order chi connectivity index (χ0) is 31.2. The van der Waals surface area contributed by atoms with Crippen LogP contribution >= 0.6 is 0 Å². The van der Waals surface area contributed by atoms with Gasteiger partial charge in [-0.2, -0.15) is 13.2 Å². The van der Waals surface area contributed by atoms with Gasteiger partial charge < -0.3 is 35.1 Å². The molecule has 0 aliphatic carbocycles. The quantitative estimate of drug-likeness (QED) is 0.320. The Morgan fingerprint density at radius 2 is 1.90 bits per heavy atom. The third kappa shape index (κ3) is 12.8. The van der Waals surface area contributed by atoms with Crippen LogP contribution in [0.1, 0.15) is 37.9 Å². The van der Waals surface area contributed by atoms with Crippen LogP contribution < -0.4 is 16.0 Å². The van der Waals surface area contributed by atoms with E-state index in [4.69, 9.17) is 9.47 Å². The van der Waals surface area contributed by atoms with Gasteiger partial charge in [0.1, 0.15) is 29.6 Å². The molecule has 1 aromatic heterocycles. The number of nitrogens with zero attached hydrogens (tertiary/aromatic N) is 2. The number of aromatic nitrogens is 1. The summed E-state index contributed by atoms with van der Waals surface area (Å²) in [6.07, 6.45) is -2.91. The number of pyridine rings is 1. The number of carbonyl (C=O) groups excluding carboxylic acids is 3. The van der Waals surface area contributed by atoms with Crippen LogP contribution in [0.4, 0.5) is 33.0 Å². The summed E-state index contributed by atoms with van der Waals surface area (Å²) in [5, 5.41) is 7.06. The first-order chi connectivity index (χ1) is 19.1. The molecule has 0 bridgehead atoms. The number of benzene rings is 1. The Labute approximate surface area is 236 Å². The molecule has 1 saturated heterocycles. The number of alkyl halides is 3. The van der Waals surface area contributed by atoms with Crippen molar-refractivity contribution in [3.8, 4) is 0 Å². The van der Waals surface area contributed by atoms with Gasteiger partial charge in [0.15, 0.2) is 0 Å². The number of urea groups is 1. The van der Waals surface area contributed by atoms with Gasteiger partial charge >= 0.3 is 18.3 Å². The van der Waals surface area contributed by atoms with E-state index in [1.807, 2.05) is 11.4 Å². The maximum absolute atomic E-state index is 12.8. The highest BCUT2D eigenvalue weighted by molar-refractivity contribution is 5.77. The summed E-state index contributed by atoms with van der Waals surface area (Å²) < 4.78 is 60.6. The monoisotopic (exact) mass is 587 g/mol. The highest BCUT2D eigenvalue weighted by Gasteiger charge is 2.48. The van der Waals surface area contributed by atoms with E-state index >= 15 is 0 Å². The maximum Gasteiger partial charge on any atom is 0.410 e. The van der Waals surface area contributed by atoms with E-state index < -0.39 is 42.5 Å². The zero-order valence-corrected chi connectivity index (χ0v) is 23.8. The van der Waals surface area contributed by atoms with Crippen LogP contribution in [0.2, 0.25) is 0 Å². The minimum atomic E-state index is -4.48. The van der Waals surface area contributed by atoms with Crippen molar-refractivity contribution in [2.75, 3.05) is 39.2 Å². The molecule has 10 nitrogen and oxygen atoms in total. The van der Waals surface area contributed by atoms with E-state index in [1.165, 1.54) is 19.4 Å². The topological polar surface area (TPSA) is 122 Å². The number of anilines is 1. The van der Waals surface area contributed by atoms with Gasteiger partial charge in [-0.3, -0.25) is 0 Å². The average Bonchev–Trinajstić information content (AvgIpc) is 3.29. The summed E-state index contributed by atoms with van der Waals surface area (Å²) in [6.45, 7) is 6.65. The van der Waals surface area contributed by atoms with Crippen LogP contribution in [0.25, 0.3) is 0 Å². The molecule has 3 amide bonds. The third-order valence-corrected chi connectivity index (χ3v) is 5.26. The Hall–Kier alpha value is -3.94. The van der Waals surface area contributed by atoms with E-state index in [9.17, 15) is 31.9 Å². The molecule has 0 spiro atoms. The summed E-state index contributed by atoms with van der Waals surface area (Å²) >= 11 is 0. The zero-order valence-electron chi connectivity index (χ0n) is 23.8. The van der Waals surface area contributed by atoms with Gasteiger partial charge in [0.05, 0.1) is 25.7 Å². The van der Waals surface area contributed by atoms with Crippen LogP contribution in [0, 0.1) is 12.7 Å². The average molecular weight is 588 g/mol. The smallest absolute Gasteiger partial charge is 0.410 e. The first-order valence-electron chi connectivity index (χ1n) is 12.5. The second-order valence-corrected chi connectivity index (χ2v) is 9.69. The van der Waals surface area contributed by atoms with Crippen molar-refractivity contribution in [3.05, 3.63) is 59.5 Å². The number of rotatable bonds is 7. The molecule has 1 fully saturated rings. The first kappa shape index (κ1) is 35.1. The molecule has 41 heavy (non-hydrogen) atoms. The van der Waals surface area contributed by atoms with Crippen molar-refractivity contribution in [2.45, 2.75) is 51.6 Å². The van der Waals surface area contributed by atoms with Crippen molar-refractivity contribution in [1.29, 1.82) is 0 Å². The minimum absolute atomic E-state index is 0.00505. The molecule has 0 saturated carbocycles. The predicted octanol–water partition coefficient (Wildman–Crippen LogP) is 4.61. The van der Waals surface area contributed by atoms with E-state index in [-0.39, 0.29) is 19.0 Å². The normalized spacial score (nSPS) is 15.3. The maximum atomic E-state index is 12.8. The molecule has 14 heteroatoms. The second-order valence-electron chi connectivity index (χ2n) is 9.69. The molecule has 2 heterocycles. The number of hydrogen-bond donors (Lipinski definition) is 3. The molecular formula is C27H37F4N5O5. The fourth-order valence-corrected chi connectivity index (χ4v) is 3.32. The van der Waals surface area contributed by atoms with Crippen molar-refractivity contribution in [1.82, 2.24) is 20.5 Å². The molecule has 1 aromatic carbocycles. The molecule has 1 aliphatic rings. The van der Waals surface area contributed by atoms with E-state index in [2.05, 4.69) is 15.6 Å². The van der Waals surface area contributed by atoms with E-state index in [1.54, 1.807) is 59.0 Å². The molecule has 2 atom stereocenters. The van der Waals surface area contributed by atoms with Crippen LogP contribution in [0.15, 0.2) is 42.6 Å². The third-order valence-electron chi connectivity index (χ3n) is 5.26. The predicted molar refractivity (Wildman–Crippen MR) is 145 cm³/mol. The lowest BCUT2D eigenvalue weighted by atomic mass is 10.1. The number of carbonyl (C=O) groups is 3. The number of alkyl carbamates (subject to hydrolysis) is 1. The number of halogens is 4. The Bertz CT molecular complexity index is 1110. The van der Waals surface area contributed by atoms with Gasteiger partial charge in [0.2, 0.25) is 0 Å². The lowest BCUT2D eigenvalue weighted by Gasteiger charge is -2.27. The molecule has 0 radical (unpaired) electrons. The number of hydrogen-bond acceptors (Lipinski definition) is 7. The fourth-order valence-electron chi connectivity index (χ4n) is 3.32. The largest absolute Gasteiger partial charge is 0.444 e. The lowest BCUT2D eigenvalue weighted by Crippen LogP contribution is -2.40. The molecule has 1 aliphatic heterocycles. The Morgan fingerprint density at radius 1 is 1.24 bits per heavy atom. The van der Waals surface area contributed by atoms with Crippen molar-refractivity contribution in [2.24, 2.45) is 0 Å². The summed E-state index contributed by atoms with van der Waals surface area (Å²) in [5.41, 5.74) is 0.846. The highest BCUT2D eigenvalue weighted by atomic mass is 19.4. The number of aryl methyl sites for hydroxylation is 1. The van der Waals surface area contributed by atoms with Crippen LogP contribution in [-0.4, -0.2) is 80.0 Å². The van der Waals surface area contributed by atoms with E-state index in [0.717, 1.165) is 4.90 Å². The molecular weight excluding hydrogens is 550 g/mol. The molecule has 3 N–H and O–H groups in total. The standard InChI is InChI=1S/C13H17F3N4O2.C7H7F.C7H13NO3/c1-17-11-5-8(3-4-18-11)9(7-22-2)20-6-10(13(14,15)16)19-12(20)21;1-6-4-2-3-5-7(6)8;1-7(2,3)11-6(10)8-4-5-9/h3-5,9-10H,6-7H2,1-2H3,(H,17,18)(H,19,21);2-5H,1H3;5H,4H2,1-3H3,(H,8,10). The number of methoxy groups -OCH3 is 1. The van der Waals surface area contributed by atoms with E-state index in [0.29, 0.717) is 23.2 Å². The summed E-state index contributed by atoms with van der Waals surface area (Å²) in [7, 11) is 3.11. The van der Waals surface area contributed by atoms with Gasteiger partial charge in [-0.05, 0) is 57.0 Å². The minimum Gasteiger partial charge on any atom is -0.444 e. The van der Waals surface area contributed by atoms with Crippen LogP contribution in [0.3, 0.4) is 0 Å². The van der Waals surface area contributed by atoms with Crippen molar-refractivity contribution >= 4 is 24.2 Å². The van der Waals surface area contributed by atoms with Gasteiger partial charge in [-0.15, -0.1) is 0 Å². The number of ether oxygens (including phenoxy) is 2. The fraction of sp³-hybridized carbons (Fsp3) is 0.481. The van der Waals surface area contributed by atoms with Crippen molar-refractivity contribution in [3.63, 3.8) is 0 Å². The van der Waals surface area contributed by atoms with Crippen molar-refractivity contribution < 1.29 is 41.4 Å². The van der Waals surface area contributed by atoms with Crippen LogP contribution in [-0.2, 0) is 14.3 Å². The first-order valence-corrected chi connectivity index (χ1v) is 12.5. The lowest BCUT2D eigenvalue weighted by molar-refractivity contribution is -0.150. The number of nitrogens with one attached hydrogen (secondary N) is 3. The second kappa shape index (κ2) is 16.4. The van der Waals surface area contributed by atoms with Gasteiger partial charge in [0, 0.05) is 20.4 Å². The molecule has 228 valence electrons. The van der Waals surface area contributed by atoms with Gasteiger partial charge in [0.25, 0.3) is 0 Å². The molecule has 2 aromatic rings. The summed E-state index contributed by atoms with van der Waals surface area (Å²) in [6, 6.07) is 6.78. The summed E-state index contributed by atoms with van der Waals surface area (Å²) in [4.78, 5) is 37.6. The molecule has 3 rings (SSSR count). The van der Waals surface area contributed by atoms with Crippen LogP contribution in [0.5, 0.6) is 0 Å². The SMILES string of the molecule is CC(C)(C)OC(=O)NCC=O.CNc1cc(C(COC)N2CC(C(F)(F)F)NC2=O)ccn1.Cc1ccccc1F. The molecule has 2 unspecified atom stereocenters. The Morgan fingerprint density at radius 3 is 2.37 bits per heavy atom. The van der Waals surface area contributed by atoms with Gasteiger partial charge in [-0.25, -0.2) is 19.0 Å².